The summed E-state index contributed by atoms with van der Waals surface area (Å²) in [5, 5.41) is 3.09. The fraction of sp³-hybridized carbons (Fsp3) is 0.533. The second-order valence-corrected chi connectivity index (χ2v) is 8.56. The summed E-state index contributed by atoms with van der Waals surface area (Å²) in [4.78, 5) is 12.4. The van der Waals surface area contributed by atoms with Gasteiger partial charge in [0.1, 0.15) is 0 Å². The topological polar surface area (TPSA) is 63.2 Å². The van der Waals surface area contributed by atoms with Gasteiger partial charge in [-0.15, -0.1) is 0 Å². The Morgan fingerprint density at radius 2 is 1.86 bits per heavy atom. The first-order valence-electron chi connectivity index (χ1n) is 7.09. The lowest BCUT2D eigenvalue weighted by molar-refractivity contribution is 0.0882. The third-order valence-corrected chi connectivity index (χ3v) is 5.45. The van der Waals surface area contributed by atoms with Crippen molar-refractivity contribution in [3.8, 4) is 0 Å². The molecular weight excluding hydrogens is 310 g/mol. The van der Waals surface area contributed by atoms with Crippen molar-refractivity contribution in [1.29, 1.82) is 0 Å². The molecule has 0 atom stereocenters. The van der Waals surface area contributed by atoms with E-state index in [1.807, 2.05) is 0 Å². The number of carbonyl (C=O) groups excluding carboxylic acids is 1. The van der Waals surface area contributed by atoms with Gasteiger partial charge < -0.3 is 5.32 Å². The third kappa shape index (κ3) is 3.98. The molecule has 0 spiro atoms. The van der Waals surface area contributed by atoms with Gasteiger partial charge in [-0.2, -0.15) is 0 Å². The number of carbonyl (C=O) groups is 1. The van der Waals surface area contributed by atoms with Crippen LogP contribution in [0.5, 0.6) is 0 Å². The van der Waals surface area contributed by atoms with Gasteiger partial charge in [0.15, 0.2) is 0 Å². The summed E-state index contributed by atoms with van der Waals surface area (Å²) in [6, 6.07) is 4.32. The van der Waals surface area contributed by atoms with Gasteiger partial charge in [0, 0.05) is 21.8 Å². The Kier molecular flexibility index (Phi) is 4.63. The summed E-state index contributed by atoms with van der Waals surface area (Å²) in [6.45, 7) is 3.78. The van der Waals surface area contributed by atoms with Crippen LogP contribution >= 0.6 is 10.7 Å². The van der Waals surface area contributed by atoms with E-state index >= 15 is 0 Å². The van der Waals surface area contributed by atoms with Crippen molar-refractivity contribution in [3.05, 3.63) is 29.3 Å². The standard InChI is InChI=1S/C15H20ClNO3S/c1-11-10-12(21(16,19)20)6-7-13(11)14(18)17-15(2)8-4-3-5-9-15/h6-7,10H,3-5,8-9H2,1-2H3,(H,17,18). The van der Waals surface area contributed by atoms with Crippen LogP contribution in [0.2, 0.25) is 0 Å². The lowest BCUT2D eigenvalue weighted by Crippen LogP contribution is -2.47. The Morgan fingerprint density at radius 3 is 2.38 bits per heavy atom. The molecule has 0 saturated heterocycles. The lowest BCUT2D eigenvalue weighted by Gasteiger charge is -2.34. The third-order valence-electron chi connectivity index (χ3n) is 4.10. The number of benzene rings is 1. The van der Waals surface area contributed by atoms with E-state index in [-0.39, 0.29) is 16.3 Å². The van der Waals surface area contributed by atoms with Gasteiger partial charge in [0.25, 0.3) is 15.0 Å². The SMILES string of the molecule is Cc1cc(S(=O)(=O)Cl)ccc1C(=O)NC1(C)CCCCC1. The van der Waals surface area contributed by atoms with Crippen molar-refractivity contribution in [1.82, 2.24) is 5.32 Å². The van der Waals surface area contributed by atoms with E-state index < -0.39 is 9.05 Å². The molecule has 4 nitrogen and oxygen atoms in total. The number of aryl methyl sites for hydroxylation is 1. The molecule has 1 aromatic rings. The minimum atomic E-state index is -3.77. The molecular formula is C15H20ClNO3S. The quantitative estimate of drug-likeness (QED) is 0.865. The molecule has 1 amide bonds. The molecule has 0 radical (unpaired) electrons. The van der Waals surface area contributed by atoms with Crippen molar-refractivity contribution < 1.29 is 13.2 Å². The predicted molar refractivity (Wildman–Crippen MR) is 83.2 cm³/mol. The molecule has 1 saturated carbocycles. The van der Waals surface area contributed by atoms with Gasteiger partial charge in [-0.25, -0.2) is 8.42 Å². The van der Waals surface area contributed by atoms with Crippen LogP contribution < -0.4 is 5.32 Å². The van der Waals surface area contributed by atoms with Crippen LogP contribution in [0.25, 0.3) is 0 Å². The summed E-state index contributed by atoms with van der Waals surface area (Å²) in [6.07, 6.45) is 5.42. The van der Waals surface area contributed by atoms with E-state index in [2.05, 4.69) is 12.2 Å². The molecule has 0 unspecified atom stereocenters. The summed E-state index contributed by atoms with van der Waals surface area (Å²) in [7, 11) is 1.55. The second kappa shape index (κ2) is 5.97. The summed E-state index contributed by atoms with van der Waals surface area (Å²) < 4.78 is 22.6. The number of halogens is 1. The molecule has 1 aliphatic rings. The average Bonchev–Trinajstić information content (AvgIpc) is 2.37. The molecule has 1 N–H and O–H groups in total. The minimum absolute atomic E-state index is 0.0158. The number of rotatable bonds is 3. The monoisotopic (exact) mass is 329 g/mol. The van der Waals surface area contributed by atoms with E-state index in [1.165, 1.54) is 24.6 Å². The van der Waals surface area contributed by atoms with Crippen LogP contribution in [0.15, 0.2) is 23.1 Å². The van der Waals surface area contributed by atoms with E-state index in [1.54, 1.807) is 6.92 Å². The normalized spacial score (nSPS) is 18.2. The van der Waals surface area contributed by atoms with Crippen molar-refractivity contribution in [3.63, 3.8) is 0 Å². The van der Waals surface area contributed by atoms with Crippen molar-refractivity contribution in [2.24, 2.45) is 0 Å². The molecule has 1 aliphatic carbocycles. The molecule has 1 fully saturated rings. The van der Waals surface area contributed by atoms with Crippen LogP contribution in [0.3, 0.4) is 0 Å². The van der Waals surface area contributed by atoms with Crippen LogP contribution in [0.4, 0.5) is 0 Å². The first-order valence-corrected chi connectivity index (χ1v) is 9.40. The highest BCUT2D eigenvalue weighted by Crippen LogP contribution is 2.28. The van der Waals surface area contributed by atoms with E-state index in [0.717, 1.165) is 25.7 Å². The molecule has 2 rings (SSSR count). The molecule has 116 valence electrons. The number of hydrogen-bond acceptors (Lipinski definition) is 3. The zero-order valence-electron chi connectivity index (χ0n) is 12.3. The van der Waals surface area contributed by atoms with Crippen LogP contribution in [0, 0.1) is 6.92 Å². The number of amides is 1. The van der Waals surface area contributed by atoms with Crippen molar-refractivity contribution in [2.45, 2.75) is 56.4 Å². The maximum absolute atomic E-state index is 12.4. The maximum Gasteiger partial charge on any atom is 0.261 e. The zero-order valence-corrected chi connectivity index (χ0v) is 13.9. The Bertz CT molecular complexity index is 649. The molecule has 0 bridgehead atoms. The summed E-state index contributed by atoms with van der Waals surface area (Å²) >= 11 is 0. The molecule has 0 heterocycles. The van der Waals surface area contributed by atoms with E-state index in [0.29, 0.717) is 11.1 Å². The van der Waals surface area contributed by atoms with Crippen molar-refractivity contribution in [2.75, 3.05) is 0 Å². The Labute approximate surface area is 130 Å². The summed E-state index contributed by atoms with van der Waals surface area (Å²) in [5.41, 5.74) is 0.929. The first kappa shape index (κ1) is 16.3. The Balaban J connectivity index is 2.20. The molecule has 0 aliphatic heterocycles. The minimum Gasteiger partial charge on any atom is -0.347 e. The molecule has 0 aromatic heterocycles. The molecule has 6 heteroatoms. The Morgan fingerprint density at radius 1 is 1.24 bits per heavy atom. The number of hydrogen-bond donors (Lipinski definition) is 1. The van der Waals surface area contributed by atoms with Gasteiger partial charge in [-0.05, 0) is 50.5 Å². The van der Waals surface area contributed by atoms with Gasteiger partial charge in [-0.1, -0.05) is 19.3 Å². The second-order valence-electron chi connectivity index (χ2n) is 5.99. The van der Waals surface area contributed by atoms with Crippen molar-refractivity contribution >= 4 is 25.6 Å². The van der Waals surface area contributed by atoms with Crippen LogP contribution in [0.1, 0.15) is 54.9 Å². The van der Waals surface area contributed by atoms with Crippen LogP contribution in [-0.2, 0) is 9.05 Å². The fourth-order valence-corrected chi connectivity index (χ4v) is 3.68. The summed E-state index contributed by atoms with van der Waals surface area (Å²) in [5.74, 6) is -0.157. The highest BCUT2D eigenvalue weighted by Gasteiger charge is 2.29. The van der Waals surface area contributed by atoms with Gasteiger partial charge >= 0.3 is 0 Å². The van der Waals surface area contributed by atoms with Gasteiger partial charge in [0.05, 0.1) is 4.90 Å². The van der Waals surface area contributed by atoms with Crippen LogP contribution in [-0.4, -0.2) is 19.9 Å². The van der Waals surface area contributed by atoms with E-state index in [4.69, 9.17) is 10.7 Å². The molecule has 1 aromatic carbocycles. The maximum atomic E-state index is 12.4. The lowest BCUT2D eigenvalue weighted by atomic mass is 9.83. The predicted octanol–water partition coefficient (Wildman–Crippen LogP) is 3.38. The number of nitrogens with one attached hydrogen (secondary N) is 1. The highest BCUT2D eigenvalue weighted by molar-refractivity contribution is 8.13. The average molecular weight is 330 g/mol. The van der Waals surface area contributed by atoms with Gasteiger partial charge in [0.2, 0.25) is 0 Å². The van der Waals surface area contributed by atoms with E-state index in [9.17, 15) is 13.2 Å². The van der Waals surface area contributed by atoms with Gasteiger partial charge in [-0.3, -0.25) is 4.79 Å². The smallest absolute Gasteiger partial charge is 0.261 e. The molecule has 21 heavy (non-hydrogen) atoms. The first-order chi connectivity index (χ1) is 9.71. The largest absolute Gasteiger partial charge is 0.347 e. The zero-order chi connectivity index (χ0) is 15.7. The highest BCUT2D eigenvalue weighted by atomic mass is 35.7. The fourth-order valence-electron chi connectivity index (χ4n) is 2.84. The Hall–Kier alpha value is -1.07.